The van der Waals surface area contributed by atoms with Crippen LogP contribution in [0.15, 0.2) is 30.3 Å². The van der Waals surface area contributed by atoms with Gasteiger partial charge in [-0.1, -0.05) is 112 Å². The average molecular weight is 496 g/mol. The fourth-order valence-corrected chi connectivity index (χ4v) is 5.18. The van der Waals surface area contributed by atoms with E-state index in [9.17, 15) is 14.7 Å². The Labute approximate surface area is 212 Å². The number of nitrogens with zero attached hydrogens (tertiary/aromatic N) is 1. The summed E-state index contributed by atoms with van der Waals surface area (Å²) in [6.45, 7) is 20.8. The highest BCUT2D eigenvalue weighted by Crippen LogP contribution is 2.56. The van der Waals surface area contributed by atoms with Crippen molar-refractivity contribution in [1.29, 1.82) is 0 Å². The van der Waals surface area contributed by atoms with Crippen molar-refractivity contribution >= 4 is 37.3 Å². The van der Waals surface area contributed by atoms with Gasteiger partial charge in [0, 0.05) is 0 Å². The van der Waals surface area contributed by atoms with Gasteiger partial charge in [0.15, 0.2) is 0 Å². The largest absolute Gasteiger partial charge is 0.481 e. The highest BCUT2D eigenvalue weighted by atomic mass is 32.1. The van der Waals surface area contributed by atoms with Crippen molar-refractivity contribution in [3.05, 3.63) is 35.9 Å². The van der Waals surface area contributed by atoms with Crippen LogP contribution in [-0.2, 0) is 9.59 Å². The number of thiol groups is 2. The number of carboxylic acid groups (broad SMARTS) is 1. The first-order valence-electron chi connectivity index (χ1n) is 11.7. The summed E-state index contributed by atoms with van der Waals surface area (Å²) in [6, 6.07) is 10.4. The van der Waals surface area contributed by atoms with Crippen LogP contribution < -0.4 is 0 Å². The normalized spacial score (nSPS) is 16.1. The van der Waals surface area contributed by atoms with Crippen LogP contribution in [0, 0.1) is 33.5 Å². The minimum Gasteiger partial charge on any atom is -0.481 e. The minimum atomic E-state index is -0.950. The number of aliphatic carboxylic acids is 1. The molecule has 0 fully saturated rings. The molecular formula is C27H45NO3S2. The molecule has 1 amide bonds. The molecule has 0 saturated heterocycles. The Balaban J connectivity index is 3.59. The summed E-state index contributed by atoms with van der Waals surface area (Å²) in [5.41, 5.74) is -0.423. The Bertz CT molecular complexity index is 807. The van der Waals surface area contributed by atoms with E-state index in [0.717, 1.165) is 6.42 Å². The molecule has 1 rings (SSSR count). The third-order valence-electron chi connectivity index (χ3n) is 7.67. The number of amides is 1. The fourth-order valence-electron chi connectivity index (χ4n) is 4.91. The maximum Gasteiger partial charge on any atom is 0.307 e. The molecule has 0 heterocycles. The second kappa shape index (κ2) is 10.6. The van der Waals surface area contributed by atoms with Crippen LogP contribution in [0.25, 0.3) is 0 Å². The second-order valence-corrected chi connectivity index (χ2v) is 13.4. The Hall–Kier alpha value is -1.14. The Morgan fingerprint density at radius 1 is 0.879 bits per heavy atom. The van der Waals surface area contributed by atoms with Crippen LogP contribution in [0.4, 0.5) is 0 Å². The molecule has 3 unspecified atom stereocenters. The Morgan fingerprint density at radius 3 is 1.73 bits per heavy atom. The SMILES string of the molecule is CC(C)(C)C(CC(C)(C)C(C)(C)C(C(=O)O)C(C(=O)N(S)CS)C(C)(C)C)c1ccccc1. The highest BCUT2D eigenvalue weighted by Gasteiger charge is 2.55. The predicted octanol–water partition coefficient (Wildman–Crippen LogP) is 7.18. The Morgan fingerprint density at radius 2 is 1.36 bits per heavy atom. The standard InChI is InChI=1S/C27H45NO3S2/c1-24(2,3)19(18-14-12-11-13-15-18)16-26(7,8)27(9,10)21(23(30)31)20(25(4,5)6)22(29)28(33)17-32/h11-15,19-21,32-33H,16-17H2,1-10H3,(H,30,31). The van der Waals surface area contributed by atoms with Gasteiger partial charge in [0.05, 0.1) is 17.7 Å². The molecule has 1 aromatic carbocycles. The summed E-state index contributed by atoms with van der Waals surface area (Å²) in [4.78, 5) is 26.2. The molecule has 0 aromatic heterocycles. The van der Waals surface area contributed by atoms with Gasteiger partial charge < -0.3 is 5.11 Å². The highest BCUT2D eigenvalue weighted by molar-refractivity contribution is 7.83. The van der Waals surface area contributed by atoms with E-state index < -0.39 is 34.1 Å². The first kappa shape index (κ1) is 29.9. The summed E-state index contributed by atoms with van der Waals surface area (Å²) >= 11 is 8.48. The van der Waals surface area contributed by atoms with Gasteiger partial charge in [-0.05, 0) is 39.6 Å². The van der Waals surface area contributed by atoms with Crippen molar-refractivity contribution in [2.75, 3.05) is 5.88 Å². The van der Waals surface area contributed by atoms with Gasteiger partial charge in [0.1, 0.15) is 0 Å². The number of carbonyl (C=O) groups is 2. The molecule has 188 valence electrons. The second-order valence-electron chi connectivity index (χ2n) is 12.7. The zero-order valence-corrected chi connectivity index (χ0v) is 23.9. The summed E-state index contributed by atoms with van der Waals surface area (Å²) in [5.74, 6) is -2.55. The van der Waals surface area contributed by atoms with Gasteiger partial charge >= 0.3 is 5.97 Å². The van der Waals surface area contributed by atoms with E-state index in [1.54, 1.807) is 0 Å². The molecule has 1 N–H and O–H groups in total. The number of rotatable bonds is 9. The van der Waals surface area contributed by atoms with Gasteiger partial charge in [-0.2, -0.15) is 12.6 Å². The van der Waals surface area contributed by atoms with Crippen molar-refractivity contribution in [1.82, 2.24) is 4.31 Å². The molecule has 0 spiro atoms. The van der Waals surface area contributed by atoms with Crippen LogP contribution in [-0.4, -0.2) is 27.2 Å². The van der Waals surface area contributed by atoms with Crippen LogP contribution in [0.2, 0.25) is 0 Å². The van der Waals surface area contributed by atoms with E-state index in [2.05, 4.69) is 84.3 Å². The van der Waals surface area contributed by atoms with Crippen LogP contribution in [0.3, 0.4) is 0 Å². The lowest BCUT2D eigenvalue weighted by Gasteiger charge is -2.52. The zero-order valence-electron chi connectivity index (χ0n) is 22.1. The summed E-state index contributed by atoms with van der Waals surface area (Å²) < 4.78 is 1.22. The molecular weight excluding hydrogens is 450 g/mol. The molecule has 0 bridgehead atoms. The van der Waals surface area contributed by atoms with Crippen molar-refractivity contribution < 1.29 is 14.7 Å². The molecule has 3 atom stereocenters. The van der Waals surface area contributed by atoms with Crippen LogP contribution in [0.5, 0.6) is 0 Å². The van der Waals surface area contributed by atoms with Gasteiger partial charge in [0.25, 0.3) is 0 Å². The topological polar surface area (TPSA) is 57.6 Å². The van der Waals surface area contributed by atoms with Crippen LogP contribution in [0.1, 0.15) is 87.1 Å². The van der Waals surface area contributed by atoms with Crippen molar-refractivity contribution in [2.24, 2.45) is 33.5 Å². The van der Waals surface area contributed by atoms with E-state index in [1.165, 1.54) is 9.87 Å². The van der Waals surface area contributed by atoms with E-state index >= 15 is 0 Å². The number of carboxylic acids is 1. The smallest absolute Gasteiger partial charge is 0.307 e. The first-order valence-corrected chi connectivity index (χ1v) is 12.7. The molecule has 0 aliphatic heterocycles. The fraction of sp³-hybridized carbons (Fsp3) is 0.704. The first-order chi connectivity index (χ1) is 14.8. The van der Waals surface area contributed by atoms with Gasteiger partial charge in [-0.3, -0.25) is 13.9 Å². The lowest BCUT2D eigenvalue weighted by molar-refractivity contribution is -0.164. The van der Waals surface area contributed by atoms with Gasteiger partial charge in [-0.15, -0.1) is 0 Å². The third-order valence-corrected chi connectivity index (χ3v) is 8.51. The minimum absolute atomic E-state index is 0.0133. The lowest BCUT2D eigenvalue weighted by atomic mass is 9.51. The quantitative estimate of drug-likeness (QED) is 0.251. The van der Waals surface area contributed by atoms with E-state index in [4.69, 9.17) is 0 Å². The Kier molecular flexibility index (Phi) is 9.64. The molecule has 6 heteroatoms. The van der Waals surface area contributed by atoms with Crippen molar-refractivity contribution in [3.63, 3.8) is 0 Å². The molecule has 33 heavy (non-hydrogen) atoms. The zero-order chi connectivity index (χ0) is 26.0. The van der Waals surface area contributed by atoms with Crippen molar-refractivity contribution in [3.8, 4) is 0 Å². The lowest BCUT2D eigenvalue weighted by Crippen LogP contribution is -2.53. The van der Waals surface area contributed by atoms with Crippen molar-refractivity contribution in [2.45, 2.75) is 81.6 Å². The molecule has 0 radical (unpaired) electrons. The molecule has 1 aromatic rings. The maximum absolute atomic E-state index is 13.4. The number of benzene rings is 1. The van der Waals surface area contributed by atoms with E-state index in [-0.39, 0.29) is 23.1 Å². The number of carbonyl (C=O) groups excluding carboxylic acids is 1. The number of hydrogen-bond donors (Lipinski definition) is 3. The van der Waals surface area contributed by atoms with Gasteiger partial charge in [0.2, 0.25) is 5.91 Å². The predicted molar refractivity (Wildman–Crippen MR) is 145 cm³/mol. The number of hydrogen-bond acceptors (Lipinski definition) is 4. The van der Waals surface area contributed by atoms with E-state index in [1.807, 2.05) is 40.7 Å². The molecule has 0 aliphatic rings. The molecule has 0 saturated carbocycles. The molecule has 0 aliphatic carbocycles. The monoisotopic (exact) mass is 495 g/mol. The summed E-state index contributed by atoms with van der Waals surface area (Å²) in [6.07, 6.45) is 0.791. The molecule has 4 nitrogen and oxygen atoms in total. The van der Waals surface area contributed by atoms with Crippen LogP contribution >= 0.6 is 25.4 Å². The third kappa shape index (κ3) is 6.94. The maximum atomic E-state index is 13.4. The summed E-state index contributed by atoms with van der Waals surface area (Å²) in [7, 11) is 0. The average Bonchev–Trinajstić information content (AvgIpc) is 2.67. The van der Waals surface area contributed by atoms with Gasteiger partial charge in [-0.25, -0.2) is 0 Å². The van der Waals surface area contributed by atoms with E-state index in [0.29, 0.717) is 0 Å². The summed E-state index contributed by atoms with van der Waals surface area (Å²) in [5, 5.41) is 10.5.